The van der Waals surface area contributed by atoms with Crippen molar-refractivity contribution >= 4 is 33.7 Å². The van der Waals surface area contributed by atoms with Gasteiger partial charge < -0.3 is 4.90 Å². The van der Waals surface area contributed by atoms with Gasteiger partial charge in [0.1, 0.15) is 10.6 Å². The van der Waals surface area contributed by atoms with Gasteiger partial charge in [-0.3, -0.25) is 9.69 Å². The average Bonchev–Trinajstić information content (AvgIpc) is 2.98. The quantitative estimate of drug-likeness (QED) is 0.817. The molecular weight excluding hydrogens is 294 g/mol. The highest BCUT2D eigenvalue weighted by Crippen LogP contribution is 2.53. The van der Waals surface area contributed by atoms with Gasteiger partial charge in [-0.1, -0.05) is 0 Å². The van der Waals surface area contributed by atoms with Crippen molar-refractivity contribution in [1.82, 2.24) is 9.88 Å². The Hall–Kier alpha value is -1.46. The number of hydrogen-bond donors (Lipinski definition) is 0. The van der Waals surface area contributed by atoms with E-state index in [2.05, 4.69) is 21.9 Å². The fourth-order valence-corrected chi connectivity index (χ4v) is 4.82. The molecule has 2 aliphatic heterocycles. The normalized spacial score (nSPS) is 26.5. The van der Waals surface area contributed by atoms with E-state index >= 15 is 0 Å². The van der Waals surface area contributed by atoms with E-state index in [4.69, 9.17) is 4.98 Å². The number of carbonyl (C=O) groups is 1. The van der Waals surface area contributed by atoms with Gasteiger partial charge in [0.15, 0.2) is 6.29 Å². The van der Waals surface area contributed by atoms with Crippen molar-refractivity contribution < 1.29 is 4.79 Å². The van der Waals surface area contributed by atoms with Gasteiger partial charge in [-0.05, 0) is 42.9 Å². The van der Waals surface area contributed by atoms with Crippen LogP contribution >= 0.6 is 11.3 Å². The predicted octanol–water partition coefficient (Wildman–Crippen LogP) is 2.78. The molecule has 1 atom stereocenters. The Morgan fingerprint density at radius 2 is 2.18 bits per heavy atom. The van der Waals surface area contributed by atoms with Gasteiger partial charge in [0.05, 0.1) is 4.88 Å². The number of likely N-dealkylation sites (tertiary alicyclic amines) is 1. The Morgan fingerprint density at radius 1 is 1.32 bits per heavy atom. The monoisotopic (exact) mass is 313 g/mol. The van der Waals surface area contributed by atoms with E-state index in [9.17, 15) is 4.79 Å². The molecule has 5 heteroatoms. The summed E-state index contributed by atoms with van der Waals surface area (Å²) in [6.45, 7) is 4.84. The standard InChI is InChI=1S/C17H19N3OS/c21-9-14-7-12-1-2-15(18-16(12)22-14)19-6-3-13(8-19)20-10-17(11-20)4-5-17/h1-2,7,9,13H,3-6,8,10-11H2. The Bertz CT molecular complexity index is 743. The third-order valence-corrected chi connectivity index (χ3v) is 6.51. The van der Waals surface area contributed by atoms with E-state index in [0.29, 0.717) is 6.04 Å². The second kappa shape index (κ2) is 4.52. The molecule has 3 aliphatic rings. The molecule has 3 fully saturated rings. The van der Waals surface area contributed by atoms with Crippen LogP contribution in [0.5, 0.6) is 0 Å². The van der Waals surface area contributed by atoms with Crippen LogP contribution in [0.15, 0.2) is 18.2 Å². The van der Waals surface area contributed by atoms with Gasteiger partial charge in [-0.25, -0.2) is 4.98 Å². The number of aromatic nitrogens is 1. The van der Waals surface area contributed by atoms with Gasteiger partial charge in [-0.2, -0.15) is 0 Å². The second-order valence-corrected chi connectivity index (χ2v) is 8.19. The van der Waals surface area contributed by atoms with Crippen molar-refractivity contribution in [2.75, 3.05) is 31.1 Å². The summed E-state index contributed by atoms with van der Waals surface area (Å²) in [6, 6.07) is 6.82. The summed E-state index contributed by atoms with van der Waals surface area (Å²) < 4.78 is 0. The summed E-state index contributed by atoms with van der Waals surface area (Å²) in [5.74, 6) is 1.07. The number of anilines is 1. The largest absolute Gasteiger partial charge is 0.355 e. The molecule has 114 valence electrons. The first-order chi connectivity index (χ1) is 10.7. The van der Waals surface area contributed by atoms with E-state index < -0.39 is 0 Å². The summed E-state index contributed by atoms with van der Waals surface area (Å²) in [6.07, 6.45) is 5.07. The van der Waals surface area contributed by atoms with Crippen LogP contribution in [0.1, 0.15) is 28.9 Å². The molecule has 1 unspecified atom stereocenters. The number of thiophene rings is 1. The lowest BCUT2D eigenvalue weighted by Crippen LogP contribution is -2.54. The summed E-state index contributed by atoms with van der Waals surface area (Å²) in [5, 5.41) is 1.07. The Kier molecular flexibility index (Phi) is 2.68. The Balaban J connectivity index is 1.33. The lowest BCUT2D eigenvalue weighted by Gasteiger charge is -2.44. The van der Waals surface area contributed by atoms with Crippen molar-refractivity contribution in [3.05, 3.63) is 23.1 Å². The number of aldehydes is 1. The average molecular weight is 313 g/mol. The maximum Gasteiger partial charge on any atom is 0.160 e. The zero-order valence-corrected chi connectivity index (χ0v) is 13.3. The minimum atomic E-state index is 0.706. The third kappa shape index (κ3) is 1.99. The molecular formula is C17H19N3OS. The van der Waals surface area contributed by atoms with E-state index in [1.54, 1.807) is 0 Å². The predicted molar refractivity (Wildman–Crippen MR) is 88.9 cm³/mol. The van der Waals surface area contributed by atoms with Crippen molar-refractivity contribution in [2.24, 2.45) is 5.41 Å². The van der Waals surface area contributed by atoms with Crippen LogP contribution < -0.4 is 4.90 Å². The summed E-state index contributed by atoms with van der Waals surface area (Å²) in [7, 11) is 0. The molecule has 1 spiro atoms. The van der Waals surface area contributed by atoms with Gasteiger partial charge in [0.25, 0.3) is 0 Å². The Labute approximate surface area is 133 Å². The van der Waals surface area contributed by atoms with Crippen LogP contribution in [0, 0.1) is 5.41 Å². The van der Waals surface area contributed by atoms with E-state index in [1.807, 2.05) is 6.07 Å². The lowest BCUT2D eigenvalue weighted by atomic mass is 9.94. The zero-order chi connectivity index (χ0) is 14.7. The zero-order valence-electron chi connectivity index (χ0n) is 12.5. The van der Waals surface area contributed by atoms with Crippen molar-refractivity contribution in [2.45, 2.75) is 25.3 Å². The van der Waals surface area contributed by atoms with Gasteiger partial charge in [0.2, 0.25) is 0 Å². The minimum Gasteiger partial charge on any atom is -0.355 e. The maximum atomic E-state index is 10.9. The maximum absolute atomic E-state index is 10.9. The summed E-state index contributed by atoms with van der Waals surface area (Å²) >= 11 is 1.48. The van der Waals surface area contributed by atoms with Crippen LogP contribution in [0.2, 0.25) is 0 Å². The number of fused-ring (bicyclic) bond motifs is 1. The SMILES string of the molecule is O=Cc1cc2ccc(N3CCC(N4CC5(CC5)C4)C3)nc2s1. The van der Waals surface area contributed by atoms with Crippen molar-refractivity contribution in [3.8, 4) is 0 Å². The fourth-order valence-electron chi connectivity index (χ4n) is 3.98. The topological polar surface area (TPSA) is 36.4 Å². The highest BCUT2D eigenvalue weighted by atomic mass is 32.1. The molecule has 0 aromatic carbocycles. The van der Waals surface area contributed by atoms with Crippen LogP contribution in [-0.2, 0) is 0 Å². The van der Waals surface area contributed by atoms with E-state index in [1.165, 1.54) is 43.7 Å². The molecule has 4 heterocycles. The number of hydrogen-bond acceptors (Lipinski definition) is 5. The summed E-state index contributed by atoms with van der Waals surface area (Å²) in [4.78, 5) is 22.5. The van der Waals surface area contributed by atoms with Crippen LogP contribution in [0.25, 0.3) is 10.2 Å². The first kappa shape index (κ1) is 13.0. The first-order valence-electron chi connectivity index (χ1n) is 8.10. The first-order valence-corrected chi connectivity index (χ1v) is 8.91. The number of carbonyl (C=O) groups excluding carboxylic acids is 1. The lowest BCUT2D eigenvalue weighted by molar-refractivity contribution is 0.0447. The molecule has 2 aromatic heterocycles. The number of rotatable bonds is 3. The van der Waals surface area contributed by atoms with E-state index in [-0.39, 0.29) is 0 Å². The molecule has 0 amide bonds. The summed E-state index contributed by atoms with van der Waals surface area (Å²) in [5.41, 5.74) is 0.743. The molecule has 1 saturated carbocycles. The number of pyridine rings is 1. The Morgan fingerprint density at radius 3 is 2.95 bits per heavy atom. The van der Waals surface area contributed by atoms with Gasteiger partial charge in [0, 0.05) is 37.6 Å². The highest BCUT2D eigenvalue weighted by molar-refractivity contribution is 7.20. The van der Waals surface area contributed by atoms with E-state index in [0.717, 1.165) is 45.7 Å². The molecule has 0 bridgehead atoms. The third-order valence-electron chi connectivity index (χ3n) is 5.54. The highest BCUT2D eigenvalue weighted by Gasteiger charge is 2.54. The van der Waals surface area contributed by atoms with Gasteiger partial charge >= 0.3 is 0 Å². The molecule has 5 rings (SSSR count). The van der Waals surface area contributed by atoms with Crippen LogP contribution in [-0.4, -0.2) is 48.4 Å². The number of nitrogens with zero attached hydrogens (tertiary/aromatic N) is 3. The molecule has 1 aliphatic carbocycles. The molecule has 0 radical (unpaired) electrons. The molecule has 0 N–H and O–H groups in total. The van der Waals surface area contributed by atoms with Gasteiger partial charge in [-0.15, -0.1) is 11.3 Å². The minimum absolute atomic E-state index is 0.706. The smallest absolute Gasteiger partial charge is 0.160 e. The second-order valence-electron chi connectivity index (χ2n) is 7.12. The van der Waals surface area contributed by atoms with Crippen LogP contribution in [0.4, 0.5) is 5.82 Å². The van der Waals surface area contributed by atoms with Crippen molar-refractivity contribution in [3.63, 3.8) is 0 Å². The molecule has 22 heavy (non-hydrogen) atoms. The fraction of sp³-hybridized carbons (Fsp3) is 0.529. The molecule has 2 aromatic rings. The molecule has 2 saturated heterocycles. The van der Waals surface area contributed by atoms with Crippen molar-refractivity contribution in [1.29, 1.82) is 0 Å². The van der Waals surface area contributed by atoms with Crippen LogP contribution in [0.3, 0.4) is 0 Å². The molecule has 4 nitrogen and oxygen atoms in total.